The van der Waals surface area contributed by atoms with E-state index in [-0.39, 0.29) is 17.3 Å². The molecule has 6 unspecified atom stereocenters. The van der Waals surface area contributed by atoms with E-state index in [2.05, 4.69) is 39.8 Å². The summed E-state index contributed by atoms with van der Waals surface area (Å²) in [7, 11) is 0. The zero-order chi connectivity index (χ0) is 18.3. The third kappa shape index (κ3) is 2.02. The van der Waals surface area contributed by atoms with Crippen LogP contribution in [0.1, 0.15) is 72.6 Å². The maximum atomic E-state index is 12.5. The van der Waals surface area contributed by atoms with Crippen LogP contribution in [0.3, 0.4) is 0 Å². The van der Waals surface area contributed by atoms with Crippen LogP contribution >= 0.6 is 0 Å². The fourth-order valence-corrected chi connectivity index (χ4v) is 8.20. The number of cyclic esters (lactones) is 1. The highest BCUT2D eigenvalue weighted by molar-refractivity contribution is 5.80. The fourth-order valence-electron chi connectivity index (χ4n) is 8.20. The van der Waals surface area contributed by atoms with Crippen LogP contribution in [-0.4, -0.2) is 12.6 Å². The van der Waals surface area contributed by atoms with Gasteiger partial charge < -0.3 is 4.74 Å². The van der Waals surface area contributed by atoms with Gasteiger partial charge in [0.15, 0.2) is 0 Å². The van der Waals surface area contributed by atoms with Crippen LogP contribution in [0.5, 0.6) is 0 Å². The van der Waals surface area contributed by atoms with Gasteiger partial charge in [-0.05, 0) is 78.1 Å². The Morgan fingerprint density at radius 1 is 0.962 bits per heavy atom. The van der Waals surface area contributed by atoms with Gasteiger partial charge in [0.2, 0.25) is 0 Å². The molecule has 26 heavy (non-hydrogen) atoms. The van der Waals surface area contributed by atoms with E-state index in [0.717, 1.165) is 18.3 Å². The molecule has 1 saturated heterocycles. The van der Waals surface area contributed by atoms with Gasteiger partial charge in [-0.1, -0.05) is 51.8 Å². The number of ether oxygens (including phenoxy) is 1. The number of carbonyl (C=O) groups is 1. The van der Waals surface area contributed by atoms with Crippen molar-refractivity contribution in [2.45, 2.75) is 72.6 Å². The molecule has 0 aromatic carbocycles. The van der Waals surface area contributed by atoms with E-state index in [1.807, 2.05) is 0 Å². The lowest BCUT2D eigenvalue weighted by molar-refractivity contribution is -0.146. The summed E-state index contributed by atoms with van der Waals surface area (Å²) in [6.45, 7) is 10.5. The quantitative estimate of drug-likeness (QED) is 0.413. The van der Waals surface area contributed by atoms with E-state index in [9.17, 15) is 4.79 Å². The van der Waals surface area contributed by atoms with Crippen LogP contribution in [0.25, 0.3) is 0 Å². The molecule has 2 nitrogen and oxygen atoms in total. The first-order valence-electron chi connectivity index (χ1n) is 10.8. The molecule has 0 aromatic rings. The number of carbonyl (C=O) groups excluding carboxylic acids is 1. The molecular weight excluding hydrogens is 320 g/mol. The first kappa shape index (κ1) is 17.1. The number of hydrogen-bond acceptors (Lipinski definition) is 2. The van der Waals surface area contributed by atoms with E-state index in [0.29, 0.717) is 23.4 Å². The Kier molecular flexibility index (Phi) is 3.46. The number of hydrogen-bond donors (Lipinski definition) is 0. The van der Waals surface area contributed by atoms with Crippen molar-refractivity contribution in [3.8, 4) is 0 Å². The van der Waals surface area contributed by atoms with Crippen molar-refractivity contribution < 1.29 is 9.53 Å². The van der Waals surface area contributed by atoms with Crippen molar-refractivity contribution in [2.24, 2.45) is 39.9 Å². The third-order valence-corrected chi connectivity index (χ3v) is 9.50. The molecule has 6 atom stereocenters. The summed E-state index contributed by atoms with van der Waals surface area (Å²) in [5.41, 5.74) is 3.97. The van der Waals surface area contributed by atoms with Gasteiger partial charge in [0.05, 0.1) is 5.92 Å². The molecule has 5 aliphatic rings. The molecule has 0 radical (unpaired) electrons. The van der Waals surface area contributed by atoms with Crippen molar-refractivity contribution in [3.63, 3.8) is 0 Å². The van der Waals surface area contributed by atoms with Gasteiger partial charge in [-0.15, -0.1) is 0 Å². The highest BCUT2D eigenvalue weighted by atomic mass is 16.5. The average molecular weight is 355 g/mol. The Morgan fingerprint density at radius 2 is 1.77 bits per heavy atom. The maximum absolute atomic E-state index is 12.5. The van der Waals surface area contributed by atoms with E-state index in [1.54, 1.807) is 5.57 Å². The molecule has 2 saturated carbocycles. The Labute approximate surface area is 158 Å². The van der Waals surface area contributed by atoms with Crippen molar-refractivity contribution >= 4 is 5.97 Å². The lowest BCUT2D eigenvalue weighted by Crippen LogP contribution is -2.54. The Bertz CT molecular complexity index is 714. The number of allylic oxidation sites excluding steroid dienone is 3. The van der Waals surface area contributed by atoms with E-state index >= 15 is 0 Å². The van der Waals surface area contributed by atoms with E-state index in [1.165, 1.54) is 44.1 Å². The molecule has 0 amide bonds. The average Bonchev–Trinajstić information content (AvgIpc) is 2.95. The SMILES string of the molecule is CC1(C)CCCC2(C)C3CCC4(C)C(CC=C5COC(=O)C54)C3=CCC12. The normalized spacial score (nSPS) is 49.0. The molecule has 0 spiro atoms. The first-order valence-corrected chi connectivity index (χ1v) is 10.8. The van der Waals surface area contributed by atoms with Gasteiger partial charge in [0.1, 0.15) is 6.61 Å². The minimum absolute atomic E-state index is 0.0245. The van der Waals surface area contributed by atoms with Gasteiger partial charge in [-0.3, -0.25) is 4.79 Å². The number of fused-ring (bicyclic) bond motifs is 7. The van der Waals surface area contributed by atoms with Gasteiger partial charge >= 0.3 is 5.97 Å². The summed E-state index contributed by atoms with van der Waals surface area (Å²) in [5.74, 6) is 2.15. The summed E-state index contributed by atoms with van der Waals surface area (Å²) in [6, 6.07) is 0. The summed E-state index contributed by atoms with van der Waals surface area (Å²) in [4.78, 5) is 12.5. The molecule has 4 aliphatic carbocycles. The molecule has 0 aromatic heterocycles. The molecular formula is C24H34O2. The summed E-state index contributed by atoms with van der Waals surface area (Å²) in [6.07, 6.45) is 13.9. The van der Waals surface area contributed by atoms with Crippen LogP contribution in [0.4, 0.5) is 0 Å². The molecule has 142 valence electrons. The first-order chi connectivity index (χ1) is 12.3. The third-order valence-electron chi connectivity index (χ3n) is 9.50. The second-order valence-electron chi connectivity index (χ2n) is 11.0. The standard InChI is InChI=1S/C24H34O2/c1-22(2)11-5-12-23(3)18-10-13-24(4)17(16(18)7-9-19(22)23)8-6-15-14-26-21(25)20(15)24/h6-7,17-20H,5,8-14H2,1-4H3. The molecule has 1 aliphatic heterocycles. The zero-order valence-corrected chi connectivity index (χ0v) is 16.9. The molecule has 2 heteroatoms. The van der Waals surface area contributed by atoms with Crippen LogP contribution in [0, 0.1) is 39.9 Å². The minimum Gasteiger partial charge on any atom is -0.461 e. The summed E-state index contributed by atoms with van der Waals surface area (Å²) < 4.78 is 5.46. The monoisotopic (exact) mass is 354 g/mol. The Balaban J connectivity index is 1.56. The molecule has 5 rings (SSSR count). The minimum atomic E-state index is 0.0245. The predicted octanol–water partition coefficient (Wildman–Crippen LogP) is 5.68. The maximum Gasteiger partial charge on any atom is 0.314 e. The van der Waals surface area contributed by atoms with Crippen molar-refractivity contribution in [3.05, 3.63) is 23.3 Å². The predicted molar refractivity (Wildman–Crippen MR) is 103 cm³/mol. The highest BCUT2D eigenvalue weighted by Gasteiger charge is 2.60. The number of rotatable bonds is 0. The Morgan fingerprint density at radius 3 is 2.58 bits per heavy atom. The van der Waals surface area contributed by atoms with Gasteiger partial charge in [-0.25, -0.2) is 0 Å². The van der Waals surface area contributed by atoms with Gasteiger partial charge in [-0.2, -0.15) is 0 Å². The van der Waals surface area contributed by atoms with Gasteiger partial charge in [0.25, 0.3) is 0 Å². The van der Waals surface area contributed by atoms with E-state index in [4.69, 9.17) is 4.74 Å². The molecule has 3 fully saturated rings. The number of esters is 1. The lowest BCUT2D eigenvalue weighted by atomic mass is 9.42. The Hall–Kier alpha value is -1.05. The lowest BCUT2D eigenvalue weighted by Gasteiger charge is -2.62. The van der Waals surface area contributed by atoms with Crippen molar-refractivity contribution in [1.82, 2.24) is 0 Å². The zero-order valence-electron chi connectivity index (χ0n) is 16.9. The second-order valence-corrected chi connectivity index (χ2v) is 11.0. The van der Waals surface area contributed by atoms with Gasteiger partial charge in [0, 0.05) is 0 Å². The van der Waals surface area contributed by atoms with Crippen LogP contribution in [-0.2, 0) is 9.53 Å². The van der Waals surface area contributed by atoms with Crippen LogP contribution < -0.4 is 0 Å². The smallest absolute Gasteiger partial charge is 0.314 e. The second kappa shape index (κ2) is 5.26. The fraction of sp³-hybridized carbons (Fsp3) is 0.792. The topological polar surface area (TPSA) is 26.3 Å². The summed E-state index contributed by atoms with van der Waals surface area (Å²) in [5, 5.41) is 0. The molecule has 0 bridgehead atoms. The largest absolute Gasteiger partial charge is 0.461 e. The van der Waals surface area contributed by atoms with Crippen LogP contribution in [0.2, 0.25) is 0 Å². The highest BCUT2D eigenvalue weighted by Crippen LogP contribution is 2.67. The molecule has 1 heterocycles. The van der Waals surface area contributed by atoms with E-state index < -0.39 is 0 Å². The molecule has 0 N–H and O–H groups in total. The van der Waals surface area contributed by atoms with Crippen LogP contribution in [0.15, 0.2) is 23.3 Å². The van der Waals surface area contributed by atoms with Crippen molar-refractivity contribution in [1.29, 1.82) is 0 Å². The van der Waals surface area contributed by atoms with Crippen molar-refractivity contribution in [2.75, 3.05) is 6.61 Å². The summed E-state index contributed by atoms with van der Waals surface area (Å²) >= 11 is 0.